The molecule has 2 rings (SSSR count). The zero-order chi connectivity index (χ0) is 20.9. The Hall–Kier alpha value is -2.75. The molecule has 2 aromatic rings. The zero-order valence-corrected chi connectivity index (χ0v) is 16.3. The van der Waals surface area contributed by atoms with Crippen LogP contribution in [0.15, 0.2) is 35.6 Å². The van der Waals surface area contributed by atoms with E-state index in [-0.39, 0.29) is 22.8 Å². The SMILES string of the molecule is CO/C=C(/C(=O)OC)c1c(Oc2cccc(C(F)(F)F)c2)nc(C)nc1SC. The monoisotopic (exact) mass is 414 g/mol. The fourth-order valence-corrected chi connectivity index (χ4v) is 2.88. The van der Waals surface area contributed by atoms with E-state index in [2.05, 4.69) is 9.97 Å². The van der Waals surface area contributed by atoms with E-state index < -0.39 is 17.7 Å². The number of nitrogens with zero attached hydrogens (tertiary/aromatic N) is 2. The summed E-state index contributed by atoms with van der Waals surface area (Å²) < 4.78 is 54.3. The maximum absolute atomic E-state index is 13.0. The number of carbonyl (C=O) groups is 1. The van der Waals surface area contributed by atoms with Crippen LogP contribution in [0.3, 0.4) is 0 Å². The molecule has 0 aliphatic heterocycles. The first-order chi connectivity index (χ1) is 13.2. The number of halogens is 3. The van der Waals surface area contributed by atoms with E-state index in [1.807, 2.05) is 0 Å². The molecule has 150 valence electrons. The molecule has 0 spiro atoms. The molecule has 0 bridgehead atoms. The van der Waals surface area contributed by atoms with Crippen LogP contribution in [0.1, 0.15) is 17.0 Å². The second-order valence-corrected chi connectivity index (χ2v) is 6.14. The summed E-state index contributed by atoms with van der Waals surface area (Å²) >= 11 is 1.21. The normalized spacial score (nSPS) is 11.9. The van der Waals surface area contributed by atoms with Gasteiger partial charge in [-0.25, -0.2) is 9.78 Å². The van der Waals surface area contributed by atoms with E-state index in [9.17, 15) is 18.0 Å². The highest BCUT2D eigenvalue weighted by Gasteiger charge is 2.31. The molecule has 1 heterocycles. The van der Waals surface area contributed by atoms with E-state index >= 15 is 0 Å². The number of benzene rings is 1. The van der Waals surface area contributed by atoms with Crippen LogP contribution in [0.25, 0.3) is 5.57 Å². The Bertz CT molecular complexity index is 901. The van der Waals surface area contributed by atoms with Crippen LogP contribution in [0.2, 0.25) is 0 Å². The zero-order valence-electron chi connectivity index (χ0n) is 15.5. The number of methoxy groups -OCH3 is 2. The van der Waals surface area contributed by atoms with Crippen LogP contribution in [0.4, 0.5) is 13.2 Å². The van der Waals surface area contributed by atoms with Crippen molar-refractivity contribution in [1.82, 2.24) is 9.97 Å². The van der Waals surface area contributed by atoms with E-state index in [0.717, 1.165) is 18.4 Å². The highest BCUT2D eigenvalue weighted by Crippen LogP contribution is 2.37. The molecule has 0 aliphatic rings. The molecule has 1 aromatic carbocycles. The molecule has 0 amide bonds. The first-order valence-electron chi connectivity index (χ1n) is 7.80. The van der Waals surface area contributed by atoms with Gasteiger partial charge in [-0.2, -0.15) is 18.2 Å². The summed E-state index contributed by atoms with van der Waals surface area (Å²) in [6.07, 6.45) is -1.67. The molecule has 0 radical (unpaired) electrons. The minimum atomic E-state index is -4.53. The Morgan fingerprint density at radius 1 is 1.21 bits per heavy atom. The van der Waals surface area contributed by atoms with Gasteiger partial charge in [0.15, 0.2) is 0 Å². The summed E-state index contributed by atoms with van der Waals surface area (Å²) in [5, 5.41) is 0.378. The maximum Gasteiger partial charge on any atom is 0.416 e. The number of aromatic nitrogens is 2. The first-order valence-corrected chi connectivity index (χ1v) is 9.03. The molecular weight excluding hydrogens is 397 g/mol. The van der Waals surface area contributed by atoms with Crippen molar-refractivity contribution in [1.29, 1.82) is 0 Å². The maximum atomic E-state index is 13.0. The van der Waals surface area contributed by atoms with Gasteiger partial charge >= 0.3 is 12.1 Å². The summed E-state index contributed by atoms with van der Waals surface area (Å²) in [6, 6.07) is 4.34. The molecule has 0 atom stereocenters. The molecule has 1 aromatic heterocycles. The van der Waals surface area contributed by atoms with Crippen molar-refractivity contribution in [3.8, 4) is 11.6 Å². The Balaban J connectivity index is 2.63. The molecule has 6 nitrogen and oxygen atoms in total. The van der Waals surface area contributed by atoms with E-state index in [1.165, 1.54) is 38.1 Å². The van der Waals surface area contributed by atoms with E-state index in [4.69, 9.17) is 14.2 Å². The van der Waals surface area contributed by atoms with Crippen LogP contribution in [-0.2, 0) is 20.4 Å². The number of carbonyl (C=O) groups excluding carboxylic acids is 1. The minimum Gasteiger partial charge on any atom is -0.503 e. The van der Waals surface area contributed by atoms with Crippen LogP contribution < -0.4 is 4.74 Å². The molecule has 0 saturated carbocycles. The van der Waals surface area contributed by atoms with Gasteiger partial charge in [0, 0.05) is 0 Å². The Morgan fingerprint density at radius 2 is 1.93 bits per heavy atom. The molecule has 0 fully saturated rings. The van der Waals surface area contributed by atoms with Gasteiger partial charge in [-0.05, 0) is 31.4 Å². The number of ether oxygens (including phenoxy) is 3. The van der Waals surface area contributed by atoms with Crippen molar-refractivity contribution in [2.24, 2.45) is 0 Å². The van der Waals surface area contributed by atoms with Crippen molar-refractivity contribution in [3.05, 3.63) is 47.5 Å². The summed E-state index contributed by atoms with van der Waals surface area (Å²) in [5.41, 5.74) is -0.747. The summed E-state index contributed by atoms with van der Waals surface area (Å²) in [5.74, 6) is -0.608. The molecular formula is C18H17F3N2O4S. The second kappa shape index (κ2) is 8.96. The number of alkyl halides is 3. The Labute approximate surface area is 163 Å². The number of hydrogen-bond donors (Lipinski definition) is 0. The second-order valence-electron chi connectivity index (χ2n) is 5.35. The van der Waals surface area contributed by atoms with Gasteiger partial charge in [0.1, 0.15) is 22.2 Å². The topological polar surface area (TPSA) is 70.5 Å². The van der Waals surface area contributed by atoms with Gasteiger partial charge in [0.2, 0.25) is 5.88 Å². The lowest BCUT2D eigenvalue weighted by Gasteiger charge is -2.16. The number of rotatable bonds is 6. The molecule has 0 aliphatic carbocycles. The lowest BCUT2D eigenvalue weighted by atomic mass is 10.1. The summed E-state index contributed by atoms with van der Waals surface area (Å²) in [6.45, 7) is 1.60. The summed E-state index contributed by atoms with van der Waals surface area (Å²) in [7, 11) is 2.52. The number of hydrogen-bond acceptors (Lipinski definition) is 7. The fourth-order valence-electron chi connectivity index (χ4n) is 2.26. The van der Waals surface area contributed by atoms with Gasteiger partial charge in [-0.3, -0.25) is 0 Å². The van der Waals surface area contributed by atoms with Crippen molar-refractivity contribution >= 4 is 23.3 Å². The van der Waals surface area contributed by atoms with E-state index in [1.54, 1.807) is 13.2 Å². The lowest BCUT2D eigenvalue weighted by molar-refractivity contribution is -0.137. The minimum absolute atomic E-state index is 0.0312. The van der Waals surface area contributed by atoms with Gasteiger partial charge in [-0.1, -0.05) is 6.07 Å². The van der Waals surface area contributed by atoms with Crippen molar-refractivity contribution in [2.45, 2.75) is 18.1 Å². The van der Waals surface area contributed by atoms with Crippen LogP contribution in [0.5, 0.6) is 11.6 Å². The van der Waals surface area contributed by atoms with Crippen LogP contribution in [0, 0.1) is 6.92 Å². The standard InChI is InChI=1S/C18H17F3N2O4S/c1-10-22-15(27-12-7-5-6-11(8-12)18(19,20)21)14(16(23-10)28-4)13(9-25-2)17(24)26-3/h5-9H,1-4H3/b13-9+. The van der Waals surface area contributed by atoms with Gasteiger partial charge in [0.25, 0.3) is 0 Å². The molecule has 10 heteroatoms. The fraction of sp³-hybridized carbons (Fsp3) is 0.278. The van der Waals surface area contributed by atoms with Crippen molar-refractivity contribution < 1.29 is 32.2 Å². The first kappa shape index (κ1) is 21.5. The molecule has 28 heavy (non-hydrogen) atoms. The van der Waals surface area contributed by atoms with Gasteiger partial charge < -0.3 is 14.2 Å². The lowest BCUT2D eigenvalue weighted by Crippen LogP contribution is -2.10. The van der Waals surface area contributed by atoms with Crippen molar-refractivity contribution in [3.63, 3.8) is 0 Å². The molecule has 0 N–H and O–H groups in total. The van der Waals surface area contributed by atoms with Crippen molar-refractivity contribution in [2.75, 3.05) is 20.5 Å². The predicted molar refractivity (Wildman–Crippen MR) is 97.1 cm³/mol. The van der Waals surface area contributed by atoms with Gasteiger partial charge in [0.05, 0.1) is 31.6 Å². The third-order valence-corrected chi connectivity index (χ3v) is 4.12. The third-order valence-electron chi connectivity index (χ3n) is 3.43. The van der Waals surface area contributed by atoms with Gasteiger partial charge in [-0.15, -0.1) is 11.8 Å². The van der Waals surface area contributed by atoms with Crippen LogP contribution in [-0.4, -0.2) is 36.4 Å². The average Bonchev–Trinajstić information content (AvgIpc) is 2.65. The average molecular weight is 414 g/mol. The van der Waals surface area contributed by atoms with Crippen LogP contribution >= 0.6 is 11.8 Å². The number of thioether (sulfide) groups is 1. The largest absolute Gasteiger partial charge is 0.503 e. The Morgan fingerprint density at radius 3 is 2.50 bits per heavy atom. The quantitative estimate of drug-likeness (QED) is 0.227. The van der Waals surface area contributed by atoms with E-state index in [0.29, 0.717) is 10.9 Å². The number of esters is 1. The third kappa shape index (κ3) is 4.94. The summed E-state index contributed by atoms with van der Waals surface area (Å²) in [4.78, 5) is 20.6. The molecule has 0 saturated heterocycles. The predicted octanol–water partition coefficient (Wildman–Crippen LogP) is 4.48. The molecule has 0 unspecified atom stereocenters. The highest BCUT2D eigenvalue weighted by molar-refractivity contribution is 7.98. The Kier molecular flexibility index (Phi) is 6.90. The number of aryl methyl sites for hydroxylation is 1. The highest BCUT2D eigenvalue weighted by atomic mass is 32.2. The smallest absolute Gasteiger partial charge is 0.416 e.